The van der Waals surface area contributed by atoms with Crippen LogP contribution in [0.1, 0.15) is 0 Å². The molecule has 0 aromatic heterocycles. The molecule has 0 aromatic carbocycles. The van der Waals surface area contributed by atoms with E-state index in [2.05, 4.69) is 0 Å². The molecule has 0 bridgehead atoms. The third-order valence-electron chi connectivity index (χ3n) is 6.16. The van der Waals surface area contributed by atoms with E-state index in [1.54, 1.807) is 0 Å². The molecule has 0 saturated carbocycles. The normalized spacial score (nSPS) is 52.1. The molecule has 3 saturated heterocycles. The Hall–Kier alpha value is -0.640. The van der Waals surface area contributed by atoms with E-state index in [0.29, 0.717) is 0 Å². The standard InChI is InChI=1S/C18H32O16/c19-1-5-8(22)11(25)13(27)16(31-5)30-3-7-9(23)12(26)14(28)17(32-7)34-18(4-21)15(29)10(24)6(2-20)33-18/h5-17,19-29H,1-4H2/t5-,6-,7-,8+,9-,10-,11+,12+,13-,14-,15+,16+,17-,18+/m1/s1/i1+1,5+1,8+1,11+1,13+1,16+1. The van der Waals surface area contributed by atoms with Crippen molar-refractivity contribution in [1.29, 1.82) is 0 Å². The van der Waals surface area contributed by atoms with E-state index in [4.69, 9.17) is 23.7 Å². The number of hydrogen-bond donors (Lipinski definition) is 11. The van der Waals surface area contributed by atoms with Crippen molar-refractivity contribution in [3.05, 3.63) is 0 Å². The van der Waals surface area contributed by atoms with Crippen LogP contribution in [-0.2, 0) is 23.7 Å². The summed E-state index contributed by atoms with van der Waals surface area (Å²) in [6, 6.07) is 0. The van der Waals surface area contributed by atoms with E-state index in [-0.39, 0.29) is 0 Å². The number of hydrogen-bond acceptors (Lipinski definition) is 16. The van der Waals surface area contributed by atoms with Crippen LogP contribution in [-0.4, -0.2) is 168 Å². The summed E-state index contributed by atoms with van der Waals surface area (Å²) in [7, 11) is 0. The molecule has 0 aromatic rings. The molecule has 34 heavy (non-hydrogen) atoms. The minimum atomic E-state index is -2.36. The van der Waals surface area contributed by atoms with E-state index in [1.165, 1.54) is 0 Å². The van der Waals surface area contributed by atoms with E-state index in [0.717, 1.165) is 0 Å². The molecule has 0 aliphatic carbocycles. The summed E-state index contributed by atoms with van der Waals surface area (Å²) in [6.45, 7) is -3.14. The van der Waals surface area contributed by atoms with Gasteiger partial charge in [0.1, 0.15) is 73.8 Å². The van der Waals surface area contributed by atoms with Crippen molar-refractivity contribution in [3.63, 3.8) is 0 Å². The SMILES string of the molecule is OC[C@H]1O[C@@](CO)(O[C@H]2O[C@H](CO[13C@H]3O[13C@H]([13CH2]O)[13C@H](O)[13C@H](O)[13C@H]3O)[C@@H](O)[C@H](O)[C@H]2O)[C@@H](O)[C@@H]1O. The van der Waals surface area contributed by atoms with Gasteiger partial charge in [0.25, 0.3) is 0 Å². The number of aliphatic hydroxyl groups is 11. The maximum absolute atomic E-state index is 10.3. The molecule has 3 aliphatic heterocycles. The lowest BCUT2D eigenvalue weighted by Crippen LogP contribution is -2.63. The Labute approximate surface area is 192 Å². The first-order valence-corrected chi connectivity index (χ1v) is 10.6. The minimum absolute atomic E-state index is 0.634. The van der Waals surface area contributed by atoms with Crippen LogP contribution in [0.3, 0.4) is 0 Å². The van der Waals surface area contributed by atoms with Crippen molar-refractivity contribution in [2.24, 2.45) is 0 Å². The Morgan fingerprint density at radius 1 is 0.588 bits per heavy atom. The lowest BCUT2D eigenvalue weighted by molar-refractivity contribution is -0.388. The fourth-order valence-electron chi connectivity index (χ4n) is 4.01. The summed E-state index contributed by atoms with van der Waals surface area (Å²) in [5.41, 5.74) is 0. The van der Waals surface area contributed by atoms with Gasteiger partial charge in [0.2, 0.25) is 5.79 Å². The minimum Gasteiger partial charge on any atom is -0.394 e. The van der Waals surface area contributed by atoms with Gasteiger partial charge in [-0.1, -0.05) is 0 Å². The van der Waals surface area contributed by atoms with E-state index >= 15 is 0 Å². The van der Waals surface area contributed by atoms with Gasteiger partial charge in [0.05, 0.1) is 19.8 Å². The van der Waals surface area contributed by atoms with Crippen molar-refractivity contribution in [3.8, 4) is 0 Å². The molecule has 3 fully saturated rings. The second-order valence-corrected chi connectivity index (χ2v) is 8.41. The lowest BCUT2D eigenvalue weighted by atomic mass is 9.99. The smallest absolute Gasteiger partial charge is 0.224 e. The maximum atomic E-state index is 10.3. The van der Waals surface area contributed by atoms with Gasteiger partial charge in [-0.25, -0.2) is 0 Å². The number of rotatable bonds is 8. The maximum Gasteiger partial charge on any atom is 0.224 e. The van der Waals surface area contributed by atoms with Gasteiger partial charge in [-0.3, -0.25) is 0 Å². The second kappa shape index (κ2) is 11.2. The predicted octanol–water partition coefficient (Wildman–Crippen LogP) is -7.57. The molecule has 0 amide bonds. The summed E-state index contributed by atoms with van der Waals surface area (Å²) in [5, 5.41) is 109. The van der Waals surface area contributed by atoms with Gasteiger partial charge in [0.15, 0.2) is 12.6 Å². The molecule has 3 heterocycles. The van der Waals surface area contributed by atoms with Crippen molar-refractivity contribution < 1.29 is 79.9 Å². The average Bonchev–Trinajstić information content (AvgIpc) is 3.08. The summed E-state index contributed by atoms with van der Waals surface area (Å²) < 4.78 is 26.4. The summed E-state index contributed by atoms with van der Waals surface area (Å²) in [5.74, 6) is -2.36. The van der Waals surface area contributed by atoms with E-state index in [1.807, 2.05) is 0 Å². The van der Waals surface area contributed by atoms with Crippen LogP contribution in [0.25, 0.3) is 0 Å². The van der Waals surface area contributed by atoms with Gasteiger partial charge in [-0.15, -0.1) is 0 Å². The Kier molecular flexibility index (Phi) is 9.18. The first-order valence-electron chi connectivity index (χ1n) is 10.6. The van der Waals surface area contributed by atoms with E-state index in [9.17, 15) is 56.2 Å². The van der Waals surface area contributed by atoms with Crippen LogP contribution < -0.4 is 0 Å². The van der Waals surface area contributed by atoms with Crippen LogP contribution in [0, 0.1) is 0 Å². The average molecular weight is 510 g/mol. The highest BCUT2D eigenvalue weighted by Gasteiger charge is 2.58. The van der Waals surface area contributed by atoms with Crippen molar-refractivity contribution in [2.75, 3.05) is 26.4 Å². The molecule has 3 rings (SSSR count). The molecule has 3 aliphatic rings. The van der Waals surface area contributed by atoms with Crippen molar-refractivity contribution in [2.45, 2.75) is 85.5 Å². The first-order chi connectivity index (χ1) is 16.0. The first kappa shape index (κ1) is 27.9. The highest BCUT2D eigenvalue weighted by atomic mass is 16.9. The Balaban J connectivity index is 1.69. The zero-order valence-corrected chi connectivity index (χ0v) is 17.8. The van der Waals surface area contributed by atoms with Crippen LogP contribution in [0.15, 0.2) is 0 Å². The molecule has 16 heteroatoms. The second-order valence-electron chi connectivity index (χ2n) is 8.41. The molecule has 11 N–H and O–H groups in total. The van der Waals surface area contributed by atoms with Crippen LogP contribution >= 0.6 is 0 Å². The molecule has 14 atom stereocenters. The molecule has 200 valence electrons. The molecule has 0 unspecified atom stereocenters. The van der Waals surface area contributed by atoms with E-state index < -0.39 is 112 Å². The number of ether oxygens (including phenoxy) is 5. The molecular weight excluding hydrogens is 478 g/mol. The fraction of sp³-hybridized carbons (Fsp3) is 1.00. The number of aliphatic hydroxyl groups excluding tert-OH is 11. The van der Waals surface area contributed by atoms with Gasteiger partial charge in [-0.2, -0.15) is 0 Å². The van der Waals surface area contributed by atoms with Gasteiger partial charge in [-0.05, 0) is 0 Å². The summed E-state index contributed by atoms with van der Waals surface area (Å²) in [4.78, 5) is 0. The predicted molar refractivity (Wildman–Crippen MR) is 101 cm³/mol. The zero-order chi connectivity index (χ0) is 25.4. The topological polar surface area (TPSA) is 269 Å². The lowest BCUT2D eigenvalue weighted by Gasteiger charge is -2.44. The van der Waals surface area contributed by atoms with Crippen LogP contribution in [0.5, 0.6) is 0 Å². The van der Waals surface area contributed by atoms with Gasteiger partial charge < -0.3 is 79.9 Å². The van der Waals surface area contributed by atoms with Gasteiger partial charge >= 0.3 is 0 Å². The Bertz CT molecular complexity index is 653. The third kappa shape index (κ3) is 5.09. The Morgan fingerprint density at radius 2 is 1.12 bits per heavy atom. The van der Waals surface area contributed by atoms with Gasteiger partial charge in [0, 0.05) is 0 Å². The zero-order valence-electron chi connectivity index (χ0n) is 17.8. The third-order valence-corrected chi connectivity index (χ3v) is 6.16. The van der Waals surface area contributed by atoms with Crippen molar-refractivity contribution in [1.82, 2.24) is 0 Å². The quantitative estimate of drug-likeness (QED) is 0.135. The fourth-order valence-corrected chi connectivity index (χ4v) is 4.01. The molecule has 16 nitrogen and oxygen atoms in total. The van der Waals surface area contributed by atoms with Crippen molar-refractivity contribution >= 4 is 0 Å². The van der Waals surface area contributed by atoms with Crippen LogP contribution in [0.2, 0.25) is 0 Å². The van der Waals surface area contributed by atoms with Crippen LogP contribution in [0.4, 0.5) is 0 Å². The highest BCUT2D eigenvalue weighted by molar-refractivity contribution is 4.98. The largest absolute Gasteiger partial charge is 0.394 e. The summed E-state index contributed by atoms with van der Waals surface area (Å²) in [6.07, 6.45) is -21.8. The highest BCUT2D eigenvalue weighted by Crippen LogP contribution is 2.36. The molecule has 0 spiro atoms. The summed E-state index contributed by atoms with van der Waals surface area (Å²) >= 11 is 0. The monoisotopic (exact) mass is 510 g/mol. The Morgan fingerprint density at radius 3 is 1.65 bits per heavy atom. The molecular formula is C18H32O16. The molecule has 0 radical (unpaired) electrons.